The van der Waals surface area contributed by atoms with Crippen molar-refractivity contribution in [3.63, 3.8) is 0 Å². The van der Waals surface area contributed by atoms with Crippen LogP contribution in [0.4, 0.5) is 15.8 Å². The number of hydrogen-bond acceptors (Lipinski definition) is 6. The van der Waals surface area contributed by atoms with Gasteiger partial charge in [-0.15, -0.1) is 0 Å². The summed E-state index contributed by atoms with van der Waals surface area (Å²) in [5.74, 6) is -1.20. The predicted octanol–water partition coefficient (Wildman–Crippen LogP) is 4.65. The van der Waals surface area contributed by atoms with Crippen LogP contribution in [-0.4, -0.2) is 57.4 Å². The van der Waals surface area contributed by atoms with Crippen LogP contribution >= 0.6 is 0 Å². The molecule has 3 aromatic rings. The highest BCUT2D eigenvalue weighted by Crippen LogP contribution is 2.23. The molecule has 1 heterocycles. The van der Waals surface area contributed by atoms with Crippen LogP contribution in [0.5, 0.6) is 0 Å². The smallest absolute Gasteiger partial charge is 0.338 e. The third-order valence-corrected chi connectivity index (χ3v) is 8.74. The summed E-state index contributed by atoms with van der Waals surface area (Å²) in [6.45, 7) is 5.11. The summed E-state index contributed by atoms with van der Waals surface area (Å²) in [6.07, 6.45) is 1.01. The van der Waals surface area contributed by atoms with Crippen LogP contribution in [0.25, 0.3) is 0 Å². The molecule has 1 amide bonds. The Morgan fingerprint density at radius 1 is 0.974 bits per heavy atom. The molecule has 0 saturated carbocycles. The molecule has 1 atom stereocenters. The predicted molar refractivity (Wildman–Crippen MR) is 148 cm³/mol. The van der Waals surface area contributed by atoms with Crippen molar-refractivity contribution in [2.45, 2.75) is 31.1 Å². The molecule has 8 nitrogen and oxygen atoms in total. The fourth-order valence-electron chi connectivity index (χ4n) is 4.31. The van der Waals surface area contributed by atoms with Gasteiger partial charge in [0.2, 0.25) is 10.0 Å². The first-order valence-corrected chi connectivity index (χ1v) is 14.3. The fraction of sp³-hybridized carbons (Fsp3) is 0.310. The minimum absolute atomic E-state index is 0.0296. The van der Waals surface area contributed by atoms with Crippen LogP contribution in [0, 0.1) is 5.82 Å². The highest BCUT2D eigenvalue weighted by Gasteiger charge is 2.29. The molecule has 1 aliphatic rings. The molecular formula is C29H32FN3O5S. The Morgan fingerprint density at radius 2 is 1.64 bits per heavy atom. The molecule has 1 saturated heterocycles. The molecule has 0 bridgehead atoms. The Bertz CT molecular complexity index is 1400. The number of carbonyl (C=O) groups excluding carboxylic acids is 2. The van der Waals surface area contributed by atoms with Crippen LogP contribution in [0.2, 0.25) is 0 Å². The summed E-state index contributed by atoms with van der Waals surface area (Å²) in [6, 6.07) is 19.2. The number of carbonyl (C=O) groups is 2. The number of nitrogens with one attached hydrogen (secondary N) is 1. The minimum Gasteiger partial charge on any atom is -0.452 e. The lowest BCUT2D eigenvalue weighted by Gasteiger charge is -2.35. The van der Waals surface area contributed by atoms with Crippen molar-refractivity contribution >= 4 is 33.3 Å². The summed E-state index contributed by atoms with van der Waals surface area (Å²) in [7, 11) is -3.85. The van der Waals surface area contributed by atoms with E-state index < -0.39 is 28.5 Å². The lowest BCUT2D eigenvalue weighted by molar-refractivity contribution is -0.119. The number of sulfonamides is 1. The van der Waals surface area contributed by atoms with Crippen LogP contribution in [0.3, 0.4) is 0 Å². The quantitative estimate of drug-likeness (QED) is 0.388. The Morgan fingerprint density at radius 3 is 2.28 bits per heavy atom. The van der Waals surface area contributed by atoms with Crippen molar-refractivity contribution in [1.82, 2.24) is 4.31 Å². The standard InChI is InChI=1S/C29H32FN3O5S/c1-3-21(2)22-7-11-25(12-8-22)31-28(34)20-38-29(35)23-5-4-6-27(19-23)39(36,37)33-17-15-32(16-18-33)26-13-9-24(30)10-14-26/h4-14,19,21H,3,15-18,20H2,1-2H3,(H,31,34)/t21-/m1/s1. The lowest BCUT2D eigenvalue weighted by atomic mass is 9.99. The molecule has 0 unspecified atom stereocenters. The average molecular weight is 554 g/mol. The Hall–Kier alpha value is -3.76. The molecule has 3 aromatic carbocycles. The third kappa shape index (κ3) is 7.01. The van der Waals surface area contributed by atoms with Gasteiger partial charge in [-0.2, -0.15) is 4.31 Å². The largest absolute Gasteiger partial charge is 0.452 e. The van der Waals surface area contributed by atoms with Gasteiger partial charge in [0.1, 0.15) is 5.82 Å². The molecule has 0 radical (unpaired) electrons. The number of halogens is 1. The van der Waals surface area contributed by atoms with Gasteiger partial charge in [0, 0.05) is 37.6 Å². The van der Waals surface area contributed by atoms with Gasteiger partial charge >= 0.3 is 5.97 Å². The van der Waals surface area contributed by atoms with E-state index in [4.69, 9.17) is 4.74 Å². The number of esters is 1. The molecule has 0 aromatic heterocycles. The molecule has 4 rings (SSSR count). The van der Waals surface area contributed by atoms with Crippen molar-refractivity contribution in [3.05, 3.63) is 89.7 Å². The number of ether oxygens (including phenoxy) is 1. The summed E-state index contributed by atoms with van der Waals surface area (Å²) in [4.78, 5) is 26.8. The summed E-state index contributed by atoms with van der Waals surface area (Å²) in [5.41, 5.74) is 2.62. The van der Waals surface area contributed by atoms with Crippen molar-refractivity contribution in [2.24, 2.45) is 0 Å². The van der Waals surface area contributed by atoms with E-state index in [0.717, 1.165) is 12.1 Å². The molecule has 1 aliphatic heterocycles. The number of amides is 1. The molecule has 0 aliphatic carbocycles. The number of piperazine rings is 1. The van der Waals surface area contributed by atoms with Crippen molar-refractivity contribution < 1.29 is 27.1 Å². The topological polar surface area (TPSA) is 96.0 Å². The van der Waals surface area contributed by atoms with Gasteiger partial charge in [-0.25, -0.2) is 17.6 Å². The Labute approximate surface area is 228 Å². The Balaban J connectivity index is 1.32. The van der Waals surface area contributed by atoms with Crippen molar-refractivity contribution in [2.75, 3.05) is 43.0 Å². The monoisotopic (exact) mass is 553 g/mol. The number of hydrogen-bond donors (Lipinski definition) is 1. The minimum atomic E-state index is -3.85. The summed E-state index contributed by atoms with van der Waals surface area (Å²) in [5, 5.41) is 2.69. The van der Waals surface area contributed by atoms with Gasteiger partial charge in [-0.1, -0.05) is 32.0 Å². The van der Waals surface area contributed by atoms with Crippen LogP contribution in [0.1, 0.15) is 42.1 Å². The first-order valence-electron chi connectivity index (χ1n) is 12.8. The zero-order chi connectivity index (χ0) is 28.0. The first kappa shape index (κ1) is 28.3. The first-order chi connectivity index (χ1) is 18.7. The second kappa shape index (κ2) is 12.4. The molecule has 10 heteroatoms. The van der Waals surface area contributed by atoms with Gasteiger partial charge in [0.15, 0.2) is 6.61 Å². The molecule has 206 valence electrons. The number of rotatable bonds is 9. The van der Waals surface area contributed by atoms with E-state index in [9.17, 15) is 22.4 Å². The number of nitrogens with zero attached hydrogens (tertiary/aromatic N) is 2. The maximum absolute atomic E-state index is 13.2. The Kier molecular flexibility index (Phi) is 8.98. The van der Waals surface area contributed by atoms with Crippen molar-refractivity contribution in [1.29, 1.82) is 0 Å². The van der Waals surface area contributed by atoms with Crippen LogP contribution in [-0.2, 0) is 19.6 Å². The molecule has 1 N–H and O–H groups in total. The van der Waals surface area contributed by atoms with Crippen LogP contribution < -0.4 is 10.2 Å². The fourth-order valence-corrected chi connectivity index (χ4v) is 5.78. The molecule has 1 fully saturated rings. The second-order valence-corrected chi connectivity index (χ2v) is 11.4. The van der Waals surface area contributed by atoms with Gasteiger partial charge in [0.05, 0.1) is 10.5 Å². The summed E-state index contributed by atoms with van der Waals surface area (Å²) >= 11 is 0. The highest BCUT2D eigenvalue weighted by atomic mass is 32.2. The summed E-state index contributed by atoms with van der Waals surface area (Å²) < 4.78 is 46.2. The number of anilines is 2. The molecular weight excluding hydrogens is 521 g/mol. The van der Waals surface area contributed by atoms with E-state index in [2.05, 4.69) is 19.2 Å². The van der Waals surface area contributed by atoms with E-state index in [1.807, 2.05) is 17.0 Å². The van der Waals surface area contributed by atoms with E-state index >= 15 is 0 Å². The van der Waals surface area contributed by atoms with Gasteiger partial charge in [-0.3, -0.25) is 4.79 Å². The molecule has 39 heavy (non-hydrogen) atoms. The zero-order valence-corrected chi connectivity index (χ0v) is 22.8. The average Bonchev–Trinajstić information content (AvgIpc) is 2.96. The highest BCUT2D eigenvalue weighted by molar-refractivity contribution is 7.89. The van der Waals surface area contributed by atoms with Gasteiger partial charge in [0.25, 0.3) is 5.91 Å². The van der Waals surface area contributed by atoms with E-state index in [-0.39, 0.29) is 29.4 Å². The van der Waals surface area contributed by atoms with E-state index in [0.29, 0.717) is 24.7 Å². The van der Waals surface area contributed by atoms with Gasteiger partial charge in [-0.05, 0) is 72.5 Å². The third-order valence-electron chi connectivity index (χ3n) is 6.85. The van der Waals surface area contributed by atoms with E-state index in [1.165, 1.54) is 46.3 Å². The lowest BCUT2D eigenvalue weighted by Crippen LogP contribution is -2.48. The maximum Gasteiger partial charge on any atom is 0.338 e. The van der Waals surface area contributed by atoms with Crippen molar-refractivity contribution in [3.8, 4) is 0 Å². The normalized spacial score (nSPS) is 15.0. The molecule has 0 spiro atoms. The van der Waals surface area contributed by atoms with E-state index in [1.54, 1.807) is 24.3 Å². The number of benzene rings is 3. The van der Waals surface area contributed by atoms with Gasteiger partial charge < -0.3 is 15.0 Å². The second-order valence-electron chi connectivity index (χ2n) is 9.45. The maximum atomic E-state index is 13.2. The zero-order valence-electron chi connectivity index (χ0n) is 22.0. The SMILES string of the molecule is CC[C@@H](C)c1ccc(NC(=O)COC(=O)c2cccc(S(=O)(=O)N3CCN(c4ccc(F)cc4)CC3)c2)cc1. The van der Waals surface area contributed by atoms with Crippen LogP contribution in [0.15, 0.2) is 77.7 Å².